The molecule has 0 aliphatic rings. The van der Waals surface area contributed by atoms with Crippen molar-refractivity contribution in [1.82, 2.24) is 15.1 Å². The zero-order chi connectivity index (χ0) is 28.6. The fraction of sp³-hybridized carbons (Fsp3) is 0.0882. The van der Waals surface area contributed by atoms with Crippen molar-refractivity contribution in [3.63, 3.8) is 0 Å². The fourth-order valence-electron chi connectivity index (χ4n) is 4.29. The number of halogens is 1. The number of carbonyl (C=O) groups excluding carboxylic acids is 1. The molecule has 5 aromatic rings. The molecule has 1 heterocycles. The second kappa shape index (κ2) is 12.6. The molecule has 0 aliphatic carbocycles. The zero-order valence-electron chi connectivity index (χ0n) is 22.4. The number of para-hydroxylation sites is 1. The zero-order valence-corrected chi connectivity index (χ0v) is 22.4. The third kappa shape index (κ3) is 6.75. The maximum atomic E-state index is 13.2. The number of carbonyl (C=O) groups is 1. The Balaban J connectivity index is 1.42. The van der Waals surface area contributed by atoms with Gasteiger partial charge in [0.05, 0.1) is 17.4 Å². The van der Waals surface area contributed by atoms with Crippen LogP contribution in [0.5, 0.6) is 5.75 Å². The Morgan fingerprint density at radius 3 is 2.29 bits per heavy atom. The van der Waals surface area contributed by atoms with Crippen LogP contribution >= 0.6 is 0 Å². The van der Waals surface area contributed by atoms with Crippen LogP contribution in [-0.2, 0) is 11.4 Å². The number of benzene rings is 4. The summed E-state index contributed by atoms with van der Waals surface area (Å²) in [6.45, 7) is 2.18. The summed E-state index contributed by atoms with van der Waals surface area (Å²) in [7, 11) is 0. The van der Waals surface area contributed by atoms with Gasteiger partial charge in [0.15, 0.2) is 0 Å². The summed E-state index contributed by atoms with van der Waals surface area (Å²) in [5.41, 5.74) is 4.62. The predicted molar refractivity (Wildman–Crippen MR) is 156 cm³/mol. The number of nitriles is 1. The summed E-state index contributed by atoms with van der Waals surface area (Å²) in [5, 5.41) is 17.6. The summed E-state index contributed by atoms with van der Waals surface area (Å²) in [5.74, 6) is -0.114. The van der Waals surface area contributed by atoms with Crippen LogP contribution < -0.4 is 10.1 Å². The molecular formula is C34H27FN4O2. The van der Waals surface area contributed by atoms with E-state index in [0.717, 1.165) is 22.4 Å². The average Bonchev–Trinajstić information content (AvgIpc) is 3.44. The first-order chi connectivity index (χ1) is 20.0. The van der Waals surface area contributed by atoms with Crippen LogP contribution in [0.3, 0.4) is 0 Å². The van der Waals surface area contributed by atoms with Crippen LogP contribution in [0.1, 0.15) is 29.7 Å². The van der Waals surface area contributed by atoms with E-state index >= 15 is 0 Å². The van der Waals surface area contributed by atoms with Gasteiger partial charge in [-0.05, 0) is 72.7 Å². The maximum absolute atomic E-state index is 13.2. The van der Waals surface area contributed by atoms with Gasteiger partial charge in [0.25, 0.3) is 5.91 Å². The molecule has 7 heteroatoms. The maximum Gasteiger partial charge on any atom is 0.262 e. The summed E-state index contributed by atoms with van der Waals surface area (Å²) in [6, 6.07) is 34.5. The van der Waals surface area contributed by atoms with Gasteiger partial charge in [-0.25, -0.2) is 9.07 Å². The molecule has 0 saturated carbocycles. The largest absolute Gasteiger partial charge is 0.489 e. The Hall–Kier alpha value is -5.48. The standard InChI is InChI=1S/C34H27FN4O2/c1-24(26-8-4-2-5-9-26)37-34(40)28(21-36)20-29-22-39(31-10-6-3-7-11-31)38-33(29)27-14-18-32(19-15-27)41-23-25-12-16-30(35)17-13-25/h2-20,22,24H,23H2,1H3,(H,37,40)/b28-20+. The highest BCUT2D eigenvalue weighted by Gasteiger charge is 2.17. The minimum absolute atomic E-state index is 0.0269. The Kier molecular flexibility index (Phi) is 8.32. The molecule has 0 spiro atoms. The van der Waals surface area contributed by atoms with Crippen molar-refractivity contribution in [2.45, 2.75) is 19.6 Å². The number of aromatic nitrogens is 2. The molecule has 0 bridgehead atoms. The van der Waals surface area contributed by atoms with Crippen LogP contribution in [0, 0.1) is 17.1 Å². The number of ether oxygens (including phenoxy) is 1. The first-order valence-electron chi connectivity index (χ1n) is 13.1. The highest BCUT2D eigenvalue weighted by Crippen LogP contribution is 2.28. The topological polar surface area (TPSA) is 79.9 Å². The van der Waals surface area contributed by atoms with E-state index in [1.54, 1.807) is 29.1 Å². The minimum Gasteiger partial charge on any atom is -0.489 e. The van der Waals surface area contributed by atoms with Crippen LogP contribution in [-0.4, -0.2) is 15.7 Å². The summed E-state index contributed by atoms with van der Waals surface area (Å²) >= 11 is 0. The predicted octanol–water partition coefficient (Wildman–Crippen LogP) is 7.04. The Morgan fingerprint density at radius 1 is 0.976 bits per heavy atom. The van der Waals surface area contributed by atoms with Gasteiger partial charge in [0.1, 0.15) is 29.8 Å². The van der Waals surface area contributed by atoms with Crippen LogP contribution in [0.15, 0.2) is 121 Å². The van der Waals surface area contributed by atoms with Gasteiger partial charge >= 0.3 is 0 Å². The molecule has 1 unspecified atom stereocenters. The van der Waals surface area contributed by atoms with Crippen molar-refractivity contribution in [1.29, 1.82) is 5.26 Å². The molecule has 6 nitrogen and oxygen atoms in total. The Morgan fingerprint density at radius 2 is 1.63 bits per heavy atom. The van der Waals surface area contributed by atoms with Crippen molar-refractivity contribution < 1.29 is 13.9 Å². The number of nitrogens with zero attached hydrogens (tertiary/aromatic N) is 3. The molecule has 202 valence electrons. The SMILES string of the molecule is CC(NC(=O)/C(C#N)=C/c1cn(-c2ccccc2)nc1-c1ccc(OCc2ccc(F)cc2)cc1)c1ccccc1. The van der Waals surface area contributed by atoms with Crippen LogP contribution in [0.25, 0.3) is 23.0 Å². The van der Waals surface area contributed by atoms with Crippen LogP contribution in [0.2, 0.25) is 0 Å². The molecule has 5 rings (SSSR count). The second-order valence-electron chi connectivity index (χ2n) is 9.43. The monoisotopic (exact) mass is 542 g/mol. The highest BCUT2D eigenvalue weighted by atomic mass is 19.1. The van der Waals surface area contributed by atoms with E-state index in [4.69, 9.17) is 9.84 Å². The second-order valence-corrected chi connectivity index (χ2v) is 9.43. The lowest BCUT2D eigenvalue weighted by molar-refractivity contribution is -0.117. The first kappa shape index (κ1) is 27.1. The number of hydrogen-bond acceptors (Lipinski definition) is 4. The van der Waals surface area contributed by atoms with Crippen LogP contribution in [0.4, 0.5) is 4.39 Å². The van der Waals surface area contributed by atoms with Crippen molar-refractivity contribution in [3.8, 4) is 28.8 Å². The molecule has 1 N–H and O–H groups in total. The molecule has 0 aliphatic heterocycles. The molecule has 1 atom stereocenters. The van der Waals surface area contributed by atoms with Gasteiger partial charge in [-0.3, -0.25) is 4.79 Å². The average molecular weight is 543 g/mol. The van der Waals surface area contributed by atoms with Gasteiger partial charge in [-0.1, -0.05) is 60.7 Å². The van der Waals surface area contributed by atoms with Crippen molar-refractivity contribution in [2.24, 2.45) is 0 Å². The molecule has 0 saturated heterocycles. The van der Waals surface area contributed by atoms with E-state index in [2.05, 4.69) is 5.32 Å². The minimum atomic E-state index is -0.466. The smallest absolute Gasteiger partial charge is 0.262 e. The van der Waals surface area contributed by atoms with Crippen molar-refractivity contribution in [3.05, 3.63) is 143 Å². The quantitative estimate of drug-likeness (QED) is 0.160. The van der Waals surface area contributed by atoms with Gasteiger partial charge in [0, 0.05) is 17.3 Å². The summed E-state index contributed by atoms with van der Waals surface area (Å²) in [4.78, 5) is 13.1. The number of amides is 1. The summed E-state index contributed by atoms with van der Waals surface area (Å²) in [6.07, 6.45) is 3.36. The third-order valence-electron chi connectivity index (χ3n) is 6.52. The van der Waals surface area contributed by atoms with Crippen molar-refractivity contribution in [2.75, 3.05) is 0 Å². The lowest BCUT2D eigenvalue weighted by atomic mass is 10.0. The fourth-order valence-corrected chi connectivity index (χ4v) is 4.29. The molecule has 41 heavy (non-hydrogen) atoms. The van der Waals surface area contributed by atoms with E-state index in [9.17, 15) is 14.4 Å². The Labute approximate surface area is 238 Å². The Bertz CT molecular complexity index is 1690. The molecular weight excluding hydrogens is 515 g/mol. The molecule has 1 aromatic heterocycles. The van der Waals surface area contributed by atoms with E-state index in [-0.39, 0.29) is 17.4 Å². The number of nitrogens with one attached hydrogen (secondary N) is 1. The molecule has 0 radical (unpaired) electrons. The molecule has 1 amide bonds. The van der Waals surface area contributed by atoms with E-state index in [1.165, 1.54) is 12.1 Å². The van der Waals surface area contributed by atoms with E-state index in [1.807, 2.05) is 97.9 Å². The van der Waals surface area contributed by atoms with Gasteiger partial charge in [-0.15, -0.1) is 0 Å². The molecule has 0 fully saturated rings. The number of rotatable bonds is 9. The highest BCUT2D eigenvalue weighted by molar-refractivity contribution is 6.02. The van der Waals surface area contributed by atoms with Gasteiger partial charge in [0.2, 0.25) is 0 Å². The molecule has 4 aromatic carbocycles. The van der Waals surface area contributed by atoms with E-state index < -0.39 is 5.91 Å². The van der Waals surface area contributed by atoms with Crippen molar-refractivity contribution >= 4 is 12.0 Å². The van der Waals surface area contributed by atoms with Gasteiger partial charge < -0.3 is 10.1 Å². The van der Waals surface area contributed by atoms with E-state index in [0.29, 0.717) is 23.6 Å². The van der Waals surface area contributed by atoms with Gasteiger partial charge in [-0.2, -0.15) is 10.4 Å². The lowest BCUT2D eigenvalue weighted by Gasteiger charge is -2.13. The number of hydrogen-bond donors (Lipinski definition) is 1. The lowest BCUT2D eigenvalue weighted by Crippen LogP contribution is -2.27. The summed E-state index contributed by atoms with van der Waals surface area (Å²) < 4.78 is 20.8. The first-order valence-corrected chi connectivity index (χ1v) is 13.1. The normalized spacial score (nSPS) is 11.9. The third-order valence-corrected chi connectivity index (χ3v) is 6.52.